The highest BCUT2D eigenvalue weighted by Crippen LogP contribution is 2.26. The molecular weight excluding hydrogens is 260 g/mol. The van der Waals surface area contributed by atoms with Crippen LogP contribution in [-0.2, 0) is 0 Å². The molecule has 0 aromatic heterocycles. The second-order valence-corrected chi connectivity index (χ2v) is 5.66. The van der Waals surface area contributed by atoms with Gasteiger partial charge in [-0.15, -0.1) is 0 Å². The van der Waals surface area contributed by atoms with Crippen molar-refractivity contribution in [2.45, 2.75) is 53.1 Å². The molecule has 1 aromatic carbocycles. The van der Waals surface area contributed by atoms with Crippen LogP contribution in [0.2, 0.25) is 0 Å². The Bertz CT molecular complexity index is 393. The summed E-state index contributed by atoms with van der Waals surface area (Å²) in [6, 6.07) is 9.28. The number of ether oxygens (including phenoxy) is 1. The van der Waals surface area contributed by atoms with Crippen molar-refractivity contribution in [2.75, 3.05) is 26.2 Å². The Morgan fingerprint density at radius 3 is 2.43 bits per heavy atom. The first kappa shape index (κ1) is 18.0. The third kappa shape index (κ3) is 5.68. The summed E-state index contributed by atoms with van der Waals surface area (Å²) in [5, 5.41) is 3.68. The molecule has 1 atom stereocenters. The highest BCUT2D eigenvalue weighted by molar-refractivity contribution is 5.36. The number of nitrogens with one attached hydrogen (secondary N) is 1. The quantitative estimate of drug-likeness (QED) is 0.709. The van der Waals surface area contributed by atoms with Crippen LogP contribution in [0.25, 0.3) is 0 Å². The van der Waals surface area contributed by atoms with Crippen molar-refractivity contribution >= 4 is 0 Å². The molecule has 1 aromatic rings. The third-order valence-electron chi connectivity index (χ3n) is 3.79. The average Bonchev–Trinajstić information content (AvgIpc) is 2.48. The van der Waals surface area contributed by atoms with Gasteiger partial charge in [-0.1, -0.05) is 32.0 Å². The lowest BCUT2D eigenvalue weighted by atomic mass is 10.0. The summed E-state index contributed by atoms with van der Waals surface area (Å²) >= 11 is 0. The van der Waals surface area contributed by atoms with E-state index in [1.165, 1.54) is 5.56 Å². The van der Waals surface area contributed by atoms with Gasteiger partial charge < -0.3 is 10.1 Å². The maximum atomic E-state index is 5.82. The molecule has 1 N–H and O–H groups in total. The van der Waals surface area contributed by atoms with Crippen LogP contribution in [0.3, 0.4) is 0 Å². The SMILES string of the molecule is CCCNC(CN(CC)C(C)C)c1ccccc1OCC. The van der Waals surface area contributed by atoms with Gasteiger partial charge in [-0.05, 0) is 46.3 Å². The highest BCUT2D eigenvalue weighted by Gasteiger charge is 2.19. The second kappa shape index (κ2) is 9.80. The van der Waals surface area contributed by atoms with Crippen LogP contribution in [0.1, 0.15) is 52.6 Å². The molecule has 0 amide bonds. The molecule has 0 fully saturated rings. The van der Waals surface area contributed by atoms with Crippen molar-refractivity contribution in [1.29, 1.82) is 0 Å². The van der Waals surface area contributed by atoms with E-state index < -0.39 is 0 Å². The van der Waals surface area contributed by atoms with Crippen LogP contribution >= 0.6 is 0 Å². The Hall–Kier alpha value is -1.06. The maximum Gasteiger partial charge on any atom is 0.124 e. The van der Waals surface area contributed by atoms with Crippen LogP contribution in [0.15, 0.2) is 24.3 Å². The van der Waals surface area contributed by atoms with Gasteiger partial charge in [0.2, 0.25) is 0 Å². The molecule has 3 heteroatoms. The number of likely N-dealkylation sites (N-methyl/N-ethyl adjacent to an activating group) is 1. The molecule has 0 heterocycles. The molecule has 1 rings (SSSR count). The molecule has 1 unspecified atom stereocenters. The van der Waals surface area contributed by atoms with E-state index >= 15 is 0 Å². The molecule has 0 saturated carbocycles. The van der Waals surface area contributed by atoms with Crippen LogP contribution in [0.5, 0.6) is 5.75 Å². The first-order valence-corrected chi connectivity index (χ1v) is 8.33. The number of hydrogen-bond acceptors (Lipinski definition) is 3. The number of benzene rings is 1. The van der Waals surface area contributed by atoms with E-state index in [0.29, 0.717) is 18.7 Å². The lowest BCUT2D eigenvalue weighted by Gasteiger charge is -2.31. The van der Waals surface area contributed by atoms with Crippen molar-refractivity contribution in [2.24, 2.45) is 0 Å². The van der Waals surface area contributed by atoms with E-state index in [1.807, 2.05) is 13.0 Å². The predicted molar refractivity (Wildman–Crippen MR) is 91.0 cm³/mol. The third-order valence-corrected chi connectivity index (χ3v) is 3.79. The molecule has 0 aliphatic heterocycles. The first-order valence-electron chi connectivity index (χ1n) is 8.33. The van der Waals surface area contributed by atoms with Crippen LogP contribution < -0.4 is 10.1 Å². The Kier molecular flexibility index (Phi) is 8.40. The second-order valence-electron chi connectivity index (χ2n) is 5.66. The van der Waals surface area contributed by atoms with Crippen molar-refractivity contribution in [3.8, 4) is 5.75 Å². The molecule has 21 heavy (non-hydrogen) atoms. The van der Waals surface area contributed by atoms with Gasteiger partial charge in [0.05, 0.1) is 6.61 Å². The maximum absolute atomic E-state index is 5.82. The Morgan fingerprint density at radius 2 is 1.86 bits per heavy atom. The Labute approximate surface area is 130 Å². The normalized spacial score (nSPS) is 12.9. The monoisotopic (exact) mass is 292 g/mol. The summed E-state index contributed by atoms with van der Waals surface area (Å²) in [6.07, 6.45) is 1.14. The molecule has 0 aliphatic carbocycles. The summed E-state index contributed by atoms with van der Waals surface area (Å²) < 4.78 is 5.82. The van der Waals surface area contributed by atoms with Gasteiger partial charge in [-0.25, -0.2) is 0 Å². The fourth-order valence-corrected chi connectivity index (χ4v) is 2.59. The average molecular weight is 292 g/mol. The molecule has 0 spiro atoms. The lowest BCUT2D eigenvalue weighted by Crippen LogP contribution is -2.39. The van der Waals surface area contributed by atoms with Gasteiger partial charge in [0.25, 0.3) is 0 Å². The molecule has 3 nitrogen and oxygen atoms in total. The van der Waals surface area contributed by atoms with E-state index in [4.69, 9.17) is 4.74 Å². The fraction of sp³-hybridized carbons (Fsp3) is 0.667. The number of hydrogen-bond donors (Lipinski definition) is 1. The summed E-state index contributed by atoms with van der Waals surface area (Å²) in [5.74, 6) is 1.01. The molecule has 0 bridgehead atoms. The summed E-state index contributed by atoms with van der Waals surface area (Å²) in [4.78, 5) is 2.50. The topological polar surface area (TPSA) is 24.5 Å². The smallest absolute Gasteiger partial charge is 0.124 e. The van der Waals surface area contributed by atoms with Crippen LogP contribution in [0, 0.1) is 0 Å². The fourth-order valence-electron chi connectivity index (χ4n) is 2.59. The minimum atomic E-state index is 0.315. The van der Waals surface area contributed by atoms with E-state index in [9.17, 15) is 0 Å². The van der Waals surface area contributed by atoms with Gasteiger partial charge in [-0.2, -0.15) is 0 Å². The van der Waals surface area contributed by atoms with Gasteiger partial charge in [0.1, 0.15) is 5.75 Å². The van der Waals surface area contributed by atoms with Gasteiger partial charge in [0.15, 0.2) is 0 Å². The largest absolute Gasteiger partial charge is 0.494 e. The number of rotatable bonds is 10. The van der Waals surface area contributed by atoms with Crippen molar-refractivity contribution in [3.05, 3.63) is 29.8 Å². The standard InChI is InChI=1S/C18H32N2O/c1-6-13-19-17(14-20(7-2)15(4)5)16-11-9-10-12-18(16)21-8-3/h9-12,15,17,19H,6-8,13-14H2,1-5H3. The van der Waals surface area contributed by atoms with E-state index in [0.717, 1.165) is 31.8 Å². The highest BCUT2D eigenvalue weighted by atomic mass is 16.5. The van der Waals surface area contributed by atoms with Crippen molar-refractivity contribution in [1.82, 2.24) is 10.2 Å². The molecular formula is C18H32N2O. The molecule has 0 radical (unpaired) electrons. The van der Waals surface area contributed by atoms with Gasteiger partial charge >= 0.3 is 0 Å². The molecule has 120 valence electrons. The number of nitrogens with zero attached hydrogens (tertiary/aromatic N) is 1. The van der Waals surface area contributed by atoms with E-state index in [2.05, 4.69) is 56.1 Å². The minimum Gasteiger partial charge on any atom is -0.494 e. The summed E-state index contributed by atoms with van der Waals surface area (Å²) in [6.45, 7) is 14.8. The van der Waals surface area contributed by atoms with Gasteiger partial charge in [-0.3, -0.25) is 4.90 Å². The number of para-hydroxylation sites is 1. The lowest BCUT2D eigenvalue weighted by molar-refractivity contribution is 0.205. The first-order chi connectivity index (χ1) is 10.1. The summed E-state index contributed by atoms with van der Waals surface area (Å²) in [7, 11) is 0. The van der Waals surface area contributed by atoms with Gasteiger partial charge in [0, 0.05) is 24.2 Å². The zero-order chi connectivity index (χ0) is 15.7. The predicted octanol–water partition coefficient (Wildman–Crippen LogP) is 3.86. The Balaban J connectivity index is 2.95. The van der Waals surface area contributed by atoms with Crippen LogP contribution in [-0.4, -0.2) is 37.2 Å². The van der Waals surface area contributed by atoms with E-state index in [1.54, 1.807) is 0 Å². The molecule has 0 saturated heterocycles. The van der Waals surface area contributed by atoms with Crippen LogP contribution in [0.4, 0.5) is 0 Å². The summed E-state index contributed by atoms with van der Waals surface area (Å²) in [5.41, 5.74) is 1.27. The minimum absolute atomic E-state index is 0.315. The zero-order valence-corrected chi connectivity index (χ0v) is 14.4. The van der Waals surface area contributed by atoms with Crippen molar-refractivity contribution < 1.29 is 4.74 Å². The van der Waals surface area contributed by atoms with Crippen molar-refractivity contribution in [3.63, 3.8) is 0 Å². The molecule has 0 aliphatic rings. The Morgan fingerprint density at radius 1 is 1.14 bits per heavy atom. The van der Waals surface area contributed by atoms with E-state index in [-0.39, 0.29) is 0 Å². The zero-order valence-electron chi connectivity index (χ0n) is 14.4.